The van der Waals surface area contributed by atoms with E-state index in [1.807, 2.05) is 13.0 Å². The van der Waals surface area contributed by atoms with Crippen molar-refractivity contribution in [3.8, 4) is 5.75 Å². The van der Waals surface area contributed by atoms with Crippen LogP contribution in [0, 0.1) is 5.82 Å². The molecule has 0 aliphatic rings. The van der Waals surface area contributed by atoms with Crippen molar-refractivity contribution in [2.45, 2.75) is 39.8 Å². The zero-order valence-corrected chi connectivity index (χ0v) is 14.1. The third kappa shape index (κ3) is 4.97. The second kappa shape index (κ2) is 8.33. The summed E-state index contributed by atoms with van der Waals surface area (Å²) in [7, 11) is 0. The number of aromatic hydroxyl groups is 1. The Morgan fingerprint density at radius 3 is 2.75 bits per heavy atom. The van der Waals surface area contributed by atoms with Gasteiger partial charge in [0.05, 0.1) is 18.8 Å². The second-order valence-corrected chi connectivity index (χ2v) is 5.71. The van der Waals surface area contributed by atoms with Crippen LogP contribution in [0.4, 0.5) is 4.39 Å². The summed E-state index contributed by atoms with van der Waals surface area (Å²) in [6, 6.07) is 6.14. The highest BCUT2D eigenvalue weighted by molar-refractivity contribution is 5.79. The van der Waals surface area contributed by atoms with Crippen molar-refractivity contribution < 1.29 is 14.0 Å². The van der Waals surface area contributed by atoms with Gasteiger partial charge in [0.2, 0.25) is 0 Å². The molecule has 1 heterocycles. The zero-order valence-electron chi connectivity index (χ0n) is 14.1. The quantitative estimate of drug-likeness (QED) is 0.559. The molecule has 0 aliphatic heterocycles. The third-order valence-corrected chi connectivity index (χ3v) is 3.37. The van der Waals surface area contributed by atoms with Crippen LogP contribution in [0.25, 0.3) is 0 Å². The Morgan fingerprint density at radius 1 is 1.33 bits per heavy atom. The molecule has 0 radical (unpaired) electrons. The number of hydrogen-bond acceptors (Lipinski definition) is 4. The lowest BCUT2D eigenvalue weighted by Gasteiger charge is -2.10. The maximum absolute atomic E-state index is 13.3. The Morgan fingerprint density at radius 2 is 2.12 bits per heavy atom. The van der Waals surface area contributed by atoms with Crippen molar-refractivity contribution in [1.82, 2.24) is 15.8 Å². The maximum atomic E-state index is 13.3. The normalized spacial score (nSPS) is 11.8. The Balaban J connectivity index is 1.98. The van der Waals surface area contributed by atoms with E-state index in [-0.39, 0.29) is 5.75 Å². The summed E-state index contributed by atoms with van der Waals surface area (Å²) in [4.78, 5) is 4.40. The minimum atomic E-state index is -0.650. The molecule has 0 bridgehead atoms. The van der Waals surface area contributed by atoms with Crippen molar-refractivity contribution in [1.29, 1.82) is 0 Å². The number of nitrogens with one attached hydrogen (secondary N) is 2. The number of nitrogens with zero attached hydrogens (tertiary/aromatic N) is 2. The van der Waals surface area contributed by atoms with Gasteiger partial charge >= 0.3 is 0 Å². The van der Waals surface area contributed by atoms with E-state index < -0.39 is 5.82 Å². The van der Waals surface area contributed by atoms with Gasteiger partial charge in [-0.2, -0.15) is 0 Å². The lowest BCUT2D eigenvalue weighted by molar-refractivity contribution is 0.372. The van der Waals surface area contributed by atoms with Crippen LogP contribution in [-0.2, 0) is 13.1 Å². The van der Waals surface area contributed by atoms with Crippen molar-refractivity contribution in [3.63, 3.8) is 0 Å². The number of halogens is 1. The van der Waals surface area contributed by atoms with Crippen LogP contribution in [0.3, 0.4) is 0 Å². The number of aromatic nitrogens is 1. The number of hydrogen-bond donors (Lipinski definition) is 3. The van der Waals surface area contributed by atoms with Crippen molar-refractivity contribution in [3.05, 3.63) is 47.1 Å². The summed E-state index contributed by atoms with van der Waals surface area (Å²) in [5, 5.41) is 19.5. The molecule has 0 atom stereocenters. The van der Waals surface area contributed by atoms with E-state index in [0.29, 0.717) is 37.1 Å². The predicted molar refractivity (Wildman–Crippen MR) is 90.3 cm³/mol. The van der Waals surface area contributed by atoms with Crippen LogP contribution >= 0.6 is 0 Å². The molecule has 7 heteroatoms. The Bertz CT molecular complexity index is 698. The molecule has 130 valence electrons. The van der Waals surface area contributed by atoms with Gasteiger partial charge in [0.15, 0.2) is 23.3 Å². The van der Waals surface area contributed by atoms with Crippen LogP contribution in [0.15, 0.2) is 33.8 Å². The molecule has 0 amide bonds. The van der Waals surface area contributed by atoms with Gasteiger partial charge in [0.25, 0.3) is 0 Å². The highest BCUT2D eigenvalue weighted by Gasteiger charge is 2.08. The highest BCUT2D eigenvalue weighted by atomic mass is 19.1. The van der Waals surface area contributed by atoms with Crippen LogP contribution in [0.5, 0.6) is 5.75 Å². The fraction of sp³-hybridized carbons (Fsp3) is 0.412. The molecule has 24 heavy (non-hydrogen) atoms. The summed E-state index contributed by atoms with van der Waals surface area (Å²) in [5.41, 5.74) is 1.58. The molecule has 0 unspecified atom stereocenters. The molecule has 2 rings (SSSR count). The number of phenols is 1. The van der Waals surface area contributed by atoms with Gasteiger partial charge in [-0.15, -0.1) is 0 Å². The first kappa shape index (κ1) is 17.8. The summed E-state index contributed by atoms with van der Waals surface area (Å²) in [6.07, 6.45) is 0. The lowest BCUT2D eigenvalue weighted by Crippen LogP contribution is -2.36. The molecule has 2 aromatic rings. The molecule has 0 saturated carbocycles. The smallest absolute Gasteiger partial charge is 0.191 e. The van der Waals surface area contributed by atoms with E-state index in [9.17, 15) is 9.50 Å². The van der Waals surface area contributed by atoms with Crippen LogP contribution in [0.2, 0.25) is 0 Å². The summed E-state index contributed by atoms with van der Waals surface area (Å²) < 4.78 is 18.6. The monoisotopic (exact) mass is 334 g/mol. The van der Waals surface area contributed by atoms with Gasteiger partial charge < -0.3 is 20.3 Å². The van der Waals surface area contributed by atoms with Gasteiger partial charge in [-0.25, -0.2) is 9.38 Å². The topological polar surface area (TPSA) is 82.7 Å². The standard InChI is InChI=1S/C17H23FN4O2/c1-4-19-17(20-9-12-5-6-16(23)14(18)7-12)21-10-13-8-15(11(2)3)22-24-13/h5-8,11,23H,4,9-10H2,1-3H3,(H2,19,20,21). The summed E-state index contributed by atoms with van der Waals surface area (Å²) in [5.74, 6) is 0.616. The molecule has 1 aromatic carbocycles. The number of rotatable bonds is 6. The Labute approximate surface area is 140 Å². The van der Waals surface area contributed by atoms with Gasteiger partial charge in [-0.05, 0) is 30.5 Å². The maximum Gasteiger partial charge on any atom is 0.191 e. The molecule has 0 aliphatic carbocycles. The summed E-state index contributed by atoms with van der Waals surface area (Å²) in [6.45, 7) is 7.51. The second-order valence-electron chi connectivity index (χ2n) is 5.71. The fourth-order valence-electron chi connectivity index (χ4n) is 2.02. The van der Waals surface area contributed by atoms with Crippen LogP contribution < -0.4 is 10.6 Å². The average molecular weight is 334 g/mol. The number of guanidine groups is 1. The first-order chi connectivity index (χ1) is 11.5. The Hall–Kier alpha value is -2.57. The number of benzene rings is 1. The first-order valence-electron chi connectivity index (χ1n) is 7.94. The van der Waals surface area contributed by atoms with E-state index in [1.54, 1.807) is 6.07 Å². The average Bonchev–Trinajstić information content (AvgIpc) is 3.02. The minimum Gasteiger partial charge on any atom is -0.505 e. The molecule has 0 saturated heterocycles. The zero-order chi connectivity index (χ0) is 17.5. The number of phenolic OH excluding ortho intramolecular Hbond substituents is 1. The van der Waals surface area contributed by atoms with Gasteiger partial charge in [0.1, 0.15) is 0 Å². The van der Waals surface area contributed by atoms with Gasteiger partial charge in [-0.1, -0.05) is 25.1 Å². The van der Waals surface area contributed by atoms with Crippen molar-refractivity contribution in [2.75, 3.05) is 6.54 Å². The number of aliphatic imine (C=N–C) groups is 1. The van der Waals surface area contributed by atoms with Crippen LogP contribution in [0.1, 0.15) is 43.7 Å². The minimum absolute atomic E-state index is 0.292. The third-order valence-electron chi connectivity index (χ3n) is 3.37. The summed E-state index contributed by atoms with van der Waals surface area (Å²) >= 11 is 0. The fourth-order valence-corrected chi connectivity index (χ4v) is 2.02. The molecule has 3 N–H and O–H groups in total. The molecule has 6 nitrogen and oxygen atoms in total. The molecule has 0 fully saturated rings. The first-order valence-corrected chi connectivity index (χ1v) is 7.94. The van der Waals surface area contributed by atoms with Crippen LogP contribution in [-0.4, -0.2) is 22.8 Å². The van der Waals surface area contributed by atoms with Gasteiger partial charge in [-0.3, -0.25) is 0 Å². The van der Waals surface area contributed by atoms with Crippen molar-refractivity contribution in [2.24, 2.45) is 4.99 Å². The molecular formula is C17H23FN4O2. The highest BCUT2D eigenvalue weighted by Crippen LogP contribution is 2.16. The van der Waals surface area contributed by atoms with E-state index in [1.165, 1.54) is 12.1 Å². The van der Waals surface area contributed by atoms with E-state index in [4.69, 9.17) is 4.52 Å². The van der Waals surface area contributed by atoms with Gasteiger partial charge in [0, 0.05) is 12.6 Å². The molecule has 0 spiro atoms. The van der Waals surface area contributed by atoms with E-state index >= 15 is 0 Å². The van der Waals surface area contributed by atoms with Crippen molar-refractivity contribution >= 4 is 5.96 Å². The van der Waals surface area contributed by atoms with E-state index in [2.05, 4.69) is 34.6 Å². The SMILES string of the molecule is CCNC(=NCc1ccc(O)c(F)c1)NCc1cc(C(C)C)no1. The molecule has 1 aromatic heterocycles. The molecular weight excluding hydrogens is 311 g/mol. The largest absolute Gasteiger partial charge is 0.505 e. The predicted octanol–water partition coefficient (Wildman–Crippen LogP) is 2.90. The lowest BCUT2D eigenvalue weighted by atomic mass is 10.1. The van der Waals surface area contributed by atoms with E-state index in [0.717, 1.165) is 11.5 Å². The Kier molecular flexibility index (Phi) is 6.17.